The summed E-state index contributed by atoms with van der Waals surface area (Å²) in [6, 6.07) is 1.91. The number of allylic oxidation sites excluding steroid dienone is 2. The van der Waals surface area contributed by atoms with Crippen molar-refractivity contribution in [3.8, 4) is 5.75 Å². The third-order valence-corrected chi connectivity index (χ3v) is 2.91. The fourth-order valence-corrected chi connectivity index (χ4v) is 2.01. The van der Waals surface area contributed by atoms with Gasteiger partial charge in [-0.15, -0.1) is 0 Å². The molecule has 1 aromatic heterocycles. The number of pyridine rings is 1. The molecule has 1 unspecified atom stereocenters. The number of rotatable bonds is 3. The standard InChI is InChI=1S/C14H15NO2/c1-3-12-11(9-16)7-10-5-6-15-8-14(10)17-13(12)4-2/h3-6,8,11,16H,1-2,7,9H2. The molecule has 0 aromatic carbocycles. The molecule has 2 rings (SSSR count). The first kappa shape index (κ1) is 11.6. The first-order chi connectivity index (χ1) is 8.30. The maximum Gasteiger partial charge on any atom is 0.148 e. The second kappa shape index (κ2) is 4.97. The van der Waals surface area contributed by atoms with Crippen LogP contribution in [0.1, 0.15) is 5.56 Å². The molecule has 0 saturated carbocycles. The van der Waals surface area contributed by atoms with E-state index in [9.17, 15) is 5.11 Å². The van der Waals surface area contributed by atoms with Gasteiger partial charge in [-0.05, 0) is 29.7 Å². The molecule has 0 bridgehead atoms. The van der Waals surface area contributed by atoms with Gasteiger partial charge < -0.3 is 9.84 Å². The van der Waals surface area contributed by atoms with Crippen LogP contribution in [0.15, 0.2) is 55.1 Å². The zero-order valence-electron chi connectivity index (χ0n) is 9.60. The molecule has 88 valence electrons. The molecule has 3 heteroatoms. The van der Waals surface area contributed by atoms with Gasteiger partial charge in [-0.2, -0.15) is 0 Å². The van der Waals surface area contributed by atoms with Crippen molar-refractivity contribution in [3.63, 3.8) is 0 Å². The van der Waals surface area contributed by atoms with Crippen LogP contribution in [0.3, 0.4) is 0 Å². The van der Waals surface area contributed by atoms with Crippen molar-refractivity contribution in [3.05, 3.63) is 60.7 Å². The van der Waals surface area contributed by atoms with E-state index in [2.05, 4.69) is 18.1 Å². The number of hydrogen-bond donors (Lipinski definition) is 1. The van der Waals surface area contributed by atoms with Gasteiger partial charge >= 0.3 is 0 Å². The molecule has 1 aromatic rings. The minimum atomic E-state index is -0.0100. The van der Waals surface area contributed by atoms with Crippen molar-refractivity contribution in [2.24, 2.45) is 5.92 Å². The Morgan fingerprint density at radius 3 is 2.94 bits per heavy atom. The zero-order valence-corrected chi connectivity index (χ0v) is 9.60. The van der Waals surface area contributed by atoms with Crippen molar-refractivity contribution in [1.82, 2.24) is 4.98 Å². The van der Waals surface area contributed by atoms with Gasteiger partial charge in [0.05, 0.1) is 12.8 Å². The van der Waals surface area contributed by atoms with E-state index in [1.807, 2.05) is 6.07 Å². The third-order valence-electron chi connectivity index (χ3n) is 2.91. The lowest BCUT2D eigenvalue weighted by molar-refractivity contribution is 0.247. The molecular formula is C14H15NO2. The fraction of sp³-hybridized carbons (Fsp3) is 0.214. The third kappa shape index (κ3) is 2.15. The van der Waals surface area contributed by atoms with Crippen LogP contribution in [-0.2, 0) is 6.42 Å². The van der Waals surface area contributed by atoms with E-state index < -0.39 is 0 Å². The molecule has 0 amide bonds. The van der Waals surface area contributed by atoms with Crippen molar-refractivity contribution in [2.45, 2.75) is 6.42 Å². The number of ether oxygens (including phenoxy) is 1. The van der Waals surface area contributed by atoms with Crippen LogP contribution >= 0.6 is 0 Å². The predicted molar refractivity (Wildman–Crippen MR) is 66.6 cm³/mol. The van der Waals surface area contributed by atoms with E-state index in [4.69, 9.17) is 4.74 Å². The molecule has 1 aliphatic heterocycles. The maximum atomic E-state index is 9.47. The molecule has 17 heavy (non-hydrogen) atoms. The van der Waals surface area contributed by atoms with Gasteiger partial charge in [0, 0.05) is 12.1 Å². The summed E-state index contributed by atoms with van der Waals surface area (Å²) < 4.78 is 5.76. The van der Waals surface area contributed by atoms with Gasteiger partial charge in [-0.3, -0.25) is 4.98 Å². The van der Waals surface area contributed by atoms with Crippen LogP contribution in [-0.4, -0.2) is 16.7 Å². The van der Waals surface area contributed by atoms with E-state index in [1.165, 1.54) is 0 Å². The lowest BCUT2D eigenvalue weighted by Gasteiger charge is -2.13. The van der Waals surface area contributed by atoms with Crippen LogP contribution in [0.2, 0.25) is 0 Å². The topological polar surface area (TPSA) is 42.4 Å². The van der Waals surface area contributed by atoms with Gasteiger partial charge in [0.1, 0.15) is 11.5 Å². The summed E-state index contributed by atoms with van der Waals surface area (Å²) in [5.41, 5.74) is 1.92. The molecule has 0 saturated heterocycles. The molecule has 2 heterocycles. The fourth-order valence-electron chi connectivity index (χ4n) is 2.01. The van der Waals surface area contributed by atoms with E-state index in [1.54, 1.807) is 24.5 Å². The monoisotopic (exact) mass is 229 g/mol. The number of nitrogens with zero attached hydrogens (tertiary/aromatic N) is 1. The minimum absolute atomic E-state index is 0.0100. The van der Waals surface area contributed by atoms with Gasteiger partial charge in [0.15, 0.2) is 0 Å². The Bertz CT molecular complexity index is 477. The molecule has 3 nitrogen and oxygen atoms in total. The zero-order chi connectivity index (χ0) is 12.3. The Balaban J connectivity index is 2.51. The second-order valence-electron chi connectivity index (χ2n) is 3.90. The SMILES string of the molecule is C=CC1=C(C=C)C(CO)Cc2ccncc2O1. The lowest BCUT2D eigenvalue weighted by atomic mass is 9.92. The quantitative estimate of drug-likeness (QED) is 0.864. The van der Waals surface area contributed by atoms with Crippen LogP contribution in [0.5, 0.6) is 5.75 Å². The smallest absolute Gasteiger partial charge is 0.148 e. The van der Waals surface area contributed by atoms with E-state index >= 15 is 0 Å². The Morgan fingerprint density at radius 1 is 1.47 bits per heavy atom. The summed E-state index contributed by atoms with van der Waals surface area (Å²) in [6.45, 7) is 7.57. The first-order valence-corrected chi connectivity index (χ1v) is 5.50. The molecule has 0 aliphatic carbocycles. The number of fused-ring (bicyclic) bond motifs is 1. The molecule has 0 radical (unpaired) electrons. The number of aliphatic hydroxyl groups excluding tert-OH is 1. The highest BCUT2D eigenvalue weighted by Crippen LogP contribution is 2.32. The number of aromatic nitrogens is 1. The predicted octanol–water partition coefficient (Wildman–Crippen LogP) is 2.25. The van der Waals surface area contributed by atoms with Gasteiger partial charge in [0.25, 0.3) is 0 Å². The number of aliphatic hydroxyl groups is 1. The van der Waals surface area contributed by atoms with Crippen LogP contribution in [0.25, 0.3) is 0 Å². The molecule has 1 aliphatic rings. The molecule has 0 spiro atoms. The summed E-state index contributed by atoms with van der Waals surface area (Å²) in [6.07, 6.45) is 7.48. The average Bonchev–Trinajstić information content (AvgIpc) is 2.53. The lowest BCUT2D eigenvalue weighted by Crippen LogP contribution is -2.11. The second-order valence-corrected chi connectivity index (χ2v) is 3.90. The van der Waals surface area contributed by atoms with E-state index in [0.717, 1.165) is 16.9 Å². The Kier molecular flexibility index (Phi) is 3.40. The normalized spacial score (nSPS) is 19.0. The highest BCUT2D eigenvalue weighted by atomic mass is 16.5. The highest BCUT2D eigenvalue weighted by molar-refractivity contribution is 5.41. The average molecular weight is 229 g/mol. The van der Waals surface area contributed by atoms with E-state index in [-0.39, 0.29) is 12.5 Å². The van der Waals surface area contributed by atoms with Gasteiger partial charge in [-0.25, -0.2) is 0 Å². The van der Waals surface area contributed by atoms with Gasteiger partial charge in [0.2, 0.25) is 0 Å². The minimum Gasteiger partial charge on any atom is -0.455 e. The molecule has 1 atom stereocenters. The number of hydrogen-bond acceptors (Lipinski definition) is 3. The van der Waals surface area contributed by atoms with Crippen molar-refractivity contribution in [1.29, 1.82) is 0 Å². The summed E-state index contributed by atoms with van der Waals surface area (Å²) in [4.78, 5) is 4.04. The van der Waals surface area contributed by atoms with Crippen LogP contribution < -0.4 is 4.74 Å². The summed E-state index contributed by atoms with van der Waals surface area (Å²) >= 11 is 0. The summed E-state index contributed by atoms with van der Waals surface area (Å²) in [5.74, 6) is 1.35. The van der Waals surface area contributed by atoms with Gasteiger partial charge in [-0.1, -0.05) is 19.2 Å². The van der Waals surface area contributed by atoms with Crippen molar-refractivity contribution < 1.29 is 9.84 Å². The first-order valence-electron chi connectivity index (χ1n) is 5.50. The summed E-state index contributed by atoms with van der Waals surface area (Å²) in [7, 11) is 0. The van der Waals surface area contributed by atoms with Crippen molar-refractivity contribution in [2.75, 3.05) is 6.61 Å². The highest BCUT2D eigenvalue weighted by Gasteiger charge is 2.22. The molecule has 0 fully saturated rings. The largest absolute Gasteiger partial charge is 0.455 e. The van der Waals surface area contributed by atoms with Crippen LogP contribution in [0, 0.1) is 5.92 Å². The van der Waals surface area contributed by atoms with Crippen molar-refractivity contribution >= 4 is 0 Å². The Hall–Kier alpha value is -1.87. The van der Waals surface area contributed by atoms with E-state index in [0.29, 0.717) is 12.2 Å². The van der Waals surface area contributed by atoms with Crippen LogP contribution in [0.4, 0.5) is 0 Å². The molecule has 1 N–H and O–H groups in total. The Labute approximate surface area is 101 Å². The molecular weight excluding hydrogens is 214 g/mol. The Morgan fingerprint density at radius 2 is 2.29 bits per heavy atom. The summed E-state index contributed by atoms with van der Waals surface area (Å²) in [5, 5.41) is 9.47. The maximum absolute atomic E-state index is 9.47.